The first-order chi connectivity index (χ1) is 6.52. The van der Waals surface area contributed by atoms with Crippen LogP contribution in [0.3, 0.4) is 0 Å². The molecule has 0 aliphatic carbocycles. The summed E-state index contributed by atoms with van der Waals surface area (Å²) in [6, 6.07) is 0.619. The Balaban J connectivity index is 3.22. The highest BCUT2D eigenvalue weighted by molar-refractivity contribution is 4.61. The number of rotatable bonds is 8. The van der Waals surface area contributed by atoms with E-state index in [0.29, 0.717) is 12.1 Å². The molecule has 2 heteroatoms. The van der Waals surface area contributed by atoms with Crippen molar-refractivity contribution in [1.29, 1.82) is 0 Å². The second kappa shape index (κ2) is 8.25. The van der Waals surface area contributed by atoms with Gasteiger partial charge < -0.3 is 10.1 Å². The van der Waals surface area contributed by atoms with Crippen LogP contribution in [-0.4, -0.2) is 25.3 Å². The Bertz CT molecular complexity index is 123. The molecule has 0 aliphatic rings. The average molecular weight is 201 g/mol. The zero-order chi connectivity index (χ0) is 11.0. The van der Waals surface area contributed by atoms with Gasteiger partial charge in [-0.05, 0) is 39.5 Å². The van der Waals surface area contributed by atoms with Gasteiger partial charge in [-0.1, -0.05) is 13.8 Å². The fraction of sp³-hybridized carbons (Fsp3) is 1.00. The van der Waals surface area contributed by atoms with Gasteiger partial charge in [0.15, 0.2) is 0 Å². The standard InChI is InChI=1S/C12H27NO/c1-10(2)6-7-12(5)13-8-9-14-11(3)4/h10-13H,6-9H2,1-5H3. The van der Waals surface area contributed by atoms with Crippen molar-refractivity contribution in [3.63, 3.8) is 0 Å². The van der Waals surface area contributed by atoms with E-state index in [1.165, 1.54) is 12.8 Å². The summed E-state index contributed by atoms with van der Waals surface area (Å²) >= 11 is 0. The lowest BCUT2D eigenvalue weighted by molar-refractivity contribution is 0.0794. The van der Waals surface area contributed by atoms with Crippen LogP contribution in [0.15, 0.2) is 0 Å². The third-order valence-corrected chi connectivity index (χ3v) is 2.22. The molecule has 2 nitrogen and oxygen atoms in total. The number of hydrogen-bond acceptors (Lipinski definition) is 2. The fourth-order valence-corrected chi connectivity index (χ4v) is 1.29. The zero-order valence-electron chi connectivity index (χ0n) is 10.5. The molecule has 0 amide bonds. The fourth-order valence-electron chi connectivity index (χ4n) is 1.29. The van der Waals surface area contributed by atoms with Crippen molar-refractivity contribution in [2.75, 3.05) is 13.2 Å². The Labute approximate surface area is 89.4 Å². The van der Waals surface area contributed by atoms with Crippen LogP contribution in [-0.2, 0) is 4.74 Å². The van der Waals surface area contributed by atoms with Crippen LogP contribution < -0.4 is 5.32 Å². The van der Waals surface area contributed by atoms with Crippen molar-refractivity contribution < 1.29 is 4.74 Å². The highest BCUT2D eigenvalue weighted by Gasteiger charge is 2.02. The largest absolute Gasteiger partial charge is 0.377 e. The Kier molecular flexibility index (Phi) is 8.20. The van der Waals surface area contributed by atoms with E-state index >= 15 is 0 Å². The van der Waals surface area contributed by atoms with Crippen LogP contribution in [0.25, 0.3) is 0 Å². The van der Waals surface area contributed by atoms with Crippen LogP contribution in [0.1, 0.15) is 47.5 Å². The minimum atomic E-state index is 0.350. The number of hydrogen-bond donors (Lipinski definition) is 1. The quantitative estimate of drug-likeness (QED) is 0.610. The third kappa shape index (κ3) is 10.0. The molecule has 0 fully saturated rings. The van der Waals surface area contributed by atoms with Crippen LogP contribution in [0.5, 0.6) is 0 Å². The normalized spacial score (nSPS) is 13.9. The van der Waals surface area contributed by atoms with E-state index in [0.717, 1.165) is 19.1 Å². The van der Waals surface area contributed by atoms with E-state index in [1.54, 1.807) is 0 Å². The van der Waals surface area contributed by atoms with E-state index in [-0.39, 0.29) is 0 Å². The maximum atomic E-state index is 5.46. The van der Waals surface area contributed by atoms with Gasteiger partial charge in [-0.3, -0.25) is 0 Å². The molecule has 1 atom stereocenters. The molecule has 0 rings (SSSR count). The molecule has 0 aromatic heterocycles. The summed E-state index contributed by atoms with van der Waals surface area (Å²) in [5.41, 5.74) is 0. The van der Waals surface area contributed by atoms with E-state index in [1.807, 2.05) is 0 Å². The van der Waals surface area contributed by atoms with Gasteiger partial charge >= 0.3 is 0 Å². The smallest absolute Gasteiger partial charge is 0.0594 e. The monoisotopic (exact) mass is 201 g/mol. The summed E-state index contributed by atoms with van der Waals surface area (Å²) in [6.45, 7) is 12.7. The van der Waals surface area contributed by atoms with Gasteiger partial charge in [0, 0.05) is 12.6 Å². The lowest BCUT2D eigenvalue weighted by atomic mass is 10.0. The van der Waals surface area contributed by atoms with Crippen molar-refractivity contribution in [2.45, 2.75) is 59.6 Å². The van der Waals surface area contributed by atoms with Gasteiger partial charge in [0.05, 0.1) is 12.7 Å². The molecule has 1 unspecified atom stereocenters. The molecule has 0 bridgehead atoms. The molecule has 0 spiro atoms. The zero-order valence-corrected chi connectivity index (χ0v) is 10.5. The molecule has 14 heavy (non-hydrogen) atoms. The van der Waals surface area contributed by atoms with Gasteiger partial charge in [-0.25, -0.2) is 0 Å². The minimum Gasteiger partial charge on any atom is -0.377 e. The first-order valence-corrected chi connectivity index (χ1v) is 5.87. The van der Waals surface area contributed by atoms with Crippen LogP contribution in [0, 0.1) is 5.92 Å². The van der Waals surface area contributed by atoms with E-state index in [2.05, 4.69) is 39.9 Å². The SMILES string of the molecule is CC(C)CCC(C)NCCOC(C)C. The highest BCUT2D eigenvalue weighted by Crippen LogP contribution is 2.05. The van der Waals surface area contributed by atoms with E-state index in [9.17, 15) is 0 Å². The molecule has 0 saturated carbocycles. The molecule has 0 aromatic rings. The first-order valence-electron chi connectivity index (χ1n) is 5.87. The molecule has 0 radical (unpaired) electrons. The van der Waals surface area contributed by atoms with E-state index < -0.39 is 0 Å². The van der Waals surface area contributed by atoms with E-state index in [4.69, 9.17) is 4.74 Å². The van der Waals surface area contributed by atoms with Crippen LogP contribution >= 0.6 is 0 Å². The minimum absolute atomic E-state index is 0.350. The maximum absolute atomic E-state index is 5.46. The van der Waals surface area contributed by atoms with Gasteiger partial charge in [0.2, 0.25) is 0 Å². The summed E-state index contributed by atoms with van der Waals surface area (Å²) in [4.78, 5) is 0. The lowest BCUT2D eigenvalue weighted by Crippen LogP contribution is -2.30. The molecule has 0 saturated heterocycles. The summed E-state index contributed by atoms with van der Waals surface area (Å²) in [6.07, 6.45) is 2.92. The lowest BCUT2D eigenvalue weighted by Gasteiger charge is -2.15. The summed E-state index contributed by atoms with van der Waals surface area (Å²) in [7, 11) is 0. The summed E-state index contributed by atoms with van der Waals surface area (Å²) in [5, 5.41) is 3.47. The predicted octanol–water partition coefficient (Wildman–Crippen LogP) is 2.83. The van der Waals surface area contributed by atoms with Gasteiger partial charge in [0.1, 0.15) is 0 Å². The molecule has 86 valence electrons. The number of ether oxygens (including phenoxy) is 1. The Morgan fingerprint density at radius 1 is 1.00 bits per heavy atom. The topological polar surface area (TPSA) is 21.3 Å². The molecule has 1 N–H and O–H groups in total. The molecular weight excluding hydrogens is 174 g/mol. The molecule has 0 aromatic carbocycles. The number of nitrogens with one attached hydrogen (secondary N) is 1. The van der Waals surface area contributed by atoms with Crippen molar-refractivity contribution in [3.05, 3.63) is 0 Å². The second-order valence-corrected chi connectivity index (χ2v) is 4.75. The first kappa shape index (κ1) is 13.9. The maximum Gasteiger partial charge on any atom is 0.0594 e. The Morgan fingerprint density at radius 2 is 1.64 bits per heavy atom. The van der Waals surface area contributed by atoms with Crippen LogP contribution in [0.4, 0.5) is 0 Å². The van der Waals surface area contributed by atoms with Crippen molar-refractivity contribution in [2.24, 2.45) is 5.92 Å². The summed E-state index contributed by atoms with van der Waals surface area (Å²) < 4.78 is 5.46. The molecule has 0 aliphatic heterocycles. The summed E-state index contributed by atoms with van der Waals surface area (Å²) in [5.74, 6) is 0.811. The predicted molar refractivity (Wildman–Crippen MR) is 62.6 cm³/mol. The van der Waals surface area contributed by atoms with Gasteiger partial charge in [-0.15, -0.1) is 0 Å². The second-order valence-electron chi connectivity index (χ2n) is 4.75. The van der Waals surface area contributed by atoms with Gasteiger partial charge in [0.25, 0.3) is 0 Å². The Morgan fingerprint density at radius 3 is 2.14 bits per heavy atom. The van der Waals surface area contributed by atoms with Crippen molar-refractivity contribution in [3.8, 4) is 0 Å². The molecular formula is C12H27NO. The third-order valence-electron chi connectivity index (χ3n) is 2.22. The highest BCUT2D eigenvalue weighted by atomic mass is 16.5. The van der Waals surface area contributed by atoms with Crippen molar-refractivity contribution in [1.82, 2.24) is 5.32 Å². The van der Waals surface area contributed by atoms with Gasteiger partial charge in [-0.2, -0.15) is 0 Å². The van der Waals surface area contributed by atoms with Crippen molar-refractivity contribution >= 4 is 0 Å². The Hall–Kier alpha value is -0.0800. The van der Waals surface area contributed by atoms with Crippen LogP contribution in [0.2, 0.25) is 0 Å². The average Bonchev–Trinajstić information content (AvgIpc) is 2.08. The molecule has 0 heterocycles.